The van der Waals surface area contributed by atoms with Crippen LogP contribution in [0.4, 0.5) is 0 Å². The van der Waals surface area contributed by atoms with E-state index in [0.717, 1.165) is 30.5 Å². The number of nitrogens with zero attached hydrogens (tertiary/aromatic N) is 3. The average Bonchev–Trinajstić information content (AvgIpc) is 3.35. The summed E-state index contributed by atoms with van der Waals surface area (Å²) in [5.41, 5.74) is 2.77. The van der Waals surface area contributed by atoms with Gasteiger partial charge >= 0.3 is 0 Å². The van der Waals surface area contributed by atoms with E-state index in [9.17, 15) is 0 Å². The third kappa shape index (κ3) is 2.56. The summed E-state index contributed by atoms with van der Waals surface area (Å²) < 4.78 is 11.2. The second-order valence-electron chi connectivity index (χ2n) is 8.36. The zero-order valence-corrected chi connectivity index (χ0v) is 15.5. The average molecular weight is 363 g/mol. The monoisotopic (exact) mass is 363 g/mol. The Kier molecular flexibility index (Phi) is 3.66. The van der Waals surface area contributed by atoms with Crippen LogP contribution in [0, 0.1) is 5.92 Å². The molecule has 3 atom stereocenters. The fourth-order valence-corrected chi connectivity index (χ4v) is 5.88. The van der Waals surface area contributed by atoms with Crippen LogP contribution in [-0.2, 0) is 6.54 Å². The third-order valence-corrected chi connectivity index (χ3v) is 7.05. The number of likely N-dealkylation sites (tertiary alicyclic amines) is 1. The first-order valence-electron chi connectivity index (χ1n) is 10.1. The first-order chi connectivity index (χ1) is 13.4. The van der Waals surface area contributed by atoms with Crippen LogP contribution in [0.1, 0.15) is 29.9 Å². The molecule has 1 aromatic heterocycles. The first kappa shape index (κ1) is 15.9. The lowest BCUT2D eigenvalue weighted by molar-refractivity contribution is -0.00870. The van der Waals surface area contributed by atoms with Crippen molar-refractivity contribution >= 4 is 0 Å². The SMILES string of the molecule is c1cc(CN2C[C@H](c3ccc4c(c3)OCO4)[C@H]3[C@@H]2C2CCN3CC2)ccn1. The van der Waals surface area contributed by atoms with E-state index in [1.165, 1.54) is 37.1 Å². The van der Waals surface area contributed by atoms with Crippen molar-refractivity contribution < 1.29 is 9.47 Å². The number of hydrogen-bond donors (Lipinski definition) is 0. The zero-order valence-electron chi connectivity index (χ0n) is 15.5. The maximum atomic E-state index is 5.66. The van der Waals surface area contributed by atoms with Crippen molar-refractivity contribution in [3.05, 3.63) is 53.9 Å². The Labute approximate surface area is 159 Å². The summed E-state index contributed by atoms with van der Waals surface area (Å²) in [5, 5.41) is 0. The Bertz CT molecular complexity index is 835. The highest BCUT2D eigenvalue weighted by molar-refractivity contribution is 5.46. The smallest absolute Gasteiger partial charge is 0.231 e. The van der Waals surface area contributed by atoms with Crippen LogP contribution in [0.15, 0.2) is 42.7 Å². The van der Waals surface area contributed by atoms with Gasteiger partial charge in [0.15, 0.2) is 11.5 Å². The molecule has 0 spiro atoms. The van der Waals surface area contributed by atoms with E-state index in [1.54, 1.807) is 0 Å². The van der Waals surface area contributed by atoms with Crippen LogP contribution >= 0.6 is 0 Å². The highest BCUT2D eigenvalue weighted by Gasteiger charge is 2.53. The number of aromatic nitrogens is 1. The van der Waals surface area contributed by atoms with E-state index < -0.39 is 0 Å². The molecule has 4 fully saturated rings. The molecule has 5 heteroatoms. The maximum absolute atomic E-state index is 5.66. The predicted molar refractivity (Wildman–Crippen MR) is 102 cm³/mol. The van der Waals surface area contributed by atoms with Crippen LogP contribution < -0.4 is 9.47 Å². The second kappa shape index (κ2) is 6.21. The molecule has 2 bridgehead atoms. The number of fused-ring (bicyclic) bond motifs is 3. The number of ether oxygens (including phenoxy) is 2. The van der Waals surface area contributed by atoms with Gasteiger partial charge in [-0.1, -0.05) is 6.07 Å². The van der Waals surface area contributed by atoms with Crippen molar-refractivity contribution in [3.8, 4) is 11.5 Å². The van der Waals surface area contributed by atoms with Crippen molar-refractivity contribution in [2.24, 2.45) is 5.92 Å². The number of hydrogen-bond acceptors (Lipinski definition) is 5. The number of pyridine rings is 1. The zero-order chi connectivity index (χ0) is 17.8. The maximum Gasteiger partial charge on any atom is 0.231 e. The normalized spacial score (nSPS) is 34.0. The summed E-state index contributed by atoms with van der Waals surface area (Å²) >= 11 is 0. The molecule has 0 aliphatic carbocycles. The van der Waals surface area contributed by atoms with Gasteiger partial charge in [0, 0.05) is 43.5 Å². The molecule has 4 saturated heterocycles. The lowest BCUT2D eigenvalue weighted by Crippen LogP contribution is -2.59. The molecule has 6 heterocycles. The molecule has 5 aliphatic rings. The Hall–Kier alpha value is -2.11. The van der Waals surface area contributed by atoms with E-state index in [0.29, 0.717) is 24.8 Å². The van der Waals surface area contributed by atoms with E-state index >= 15 is 0 Å². The quantitative estimate of drug-likeness (QED) is 0.838. The van der Waals surface area contributed by atoms with Crippen LogP contribution in [-0.4, -0.2) is 53.3 Å². The summed E-state index contributed by atoms with van der Waals surface area (Å²) in [7, 11) is 0. The largest absolute Gasteiger partial charge is 0.454 e. The lowest BCUT2D eigenvalue weighted by Gasteiger charge is -2.51. The summed E-state index contributed by atoms with van der Waals surface area (Å²) in [6, 6.07) is 12.2. The molecule has 0 N–H and O–H groups in total. The van der Waals surface area contributed by atoms with Gasteiger partial charge in [0.05, 0.1) is 0 Å². The molecule has 5 nitrogen and oxygen atoms in total. The van der Waals surface area contributed by atoms with Crippen molar-refractivity contribution in [3.63, 3.8) is 0 Å². The van der Waals surface area contributed by atoms with E-state index in [2.05, 4.69) is 45.1 Å². The number of benzene rings is 1. The fourth-order valence-electron chi connectivity index (χ4n) is 5.88. The number of rotatable bonds is 3. The van der Waals surface area contributed by atoms with Crippen LogP contribution in [0.25, 0.3) is 0 Å². The van der Waals surface area contributed by atoms with Crippen LogP contribution in [0.3, 0.4) is 0 Å². The number of piperidine rings is 3. The molecule has 0 amide bonds. The molecule has 0 saturated carbocycles. The van der Waals surface area contributed by atoms with Gasteiger partial charge in [0.25, 0.3) is 0 Å². The van der Waals surface area contributed by atoms with Crippen LogP contribution in [0.5, 0.6) is 11.5 Å². The molecular formula is C22H25N3O2. The molecule has 27 heavy (non-hydrogen) atoms. The minimum Gasteiger partial charge on any atom is -0.454 e. The van der Waals surface area contributed by atoms with Crippen molar-refractivity contribution in [1.82, 2.24) is 14.8 Å². The first-order valence-corrected chi connectivity index (χ1v) is 10.1. The lowest BCUT2D eigenvalue weighted by atomic mass is 9.75. The molecule has 140 valence electrons. The van der Waals surface area contributed by atoms with Gasteiger partial charge < -0.3 is 9.47 Å². The molecule has 5 aliphatic heterocycles. The predicted octanol–water partition coefficient (Wildman–Crippen LogP) is 2.87. The van der Waals surface area contributed by atoms with Gasteiger partial charge in [-0.2, -0.15) is 0 Å². The Morgan fingerprint density at radius 2 is 1.78 bits per heavy atom. The Morgan fingerprint density at radius 1 is 0.963 bits per heavy atom. The van der Waals surface area contributed by atoms with E-state index in [1.807, 2.05) is 12.4 Å². The van der Waals surface area contributed by atoms with E-state index in [4.69, 9.17) is 9.47 Å². The van der Waals surface area contributed by atoms with E-state index in [-0.39, 0.29) is 0 Å². The minimum absolute atomic E-state index is 0.345. The van der Waals surface area contributed by atoms with Gasteiger partial charge in [0.1, 0.15) is 0 Å². The fraction of sp³-hybridized carbons (Fsp3) is 0.500. The summed E-state index contributed by atoms with van der Waals surface area (Å²) in [5.74, 6) is 3.16. The molecule has 0 unspecified atom stereocenters. The Balaban J connectivity index is 1.35. The summed E-state index contributed by atoms with van der Waals surface area (Å²) in [6.45, 7) is 5.00. The van der Waals surface area contributed by atoms with Gasteiger partial charge in [-0.3, -0.25) is 14.8 Å². The van der Waals surface area contributed by atoms with Crippen molar-refractivity contribution in [1.29, 1.82) is 0 Å². The van der Waals surface area contributed by atoms with Crippen molar-refractivity contribution in [2.75, 3.05) is 26.4 Å². The minimum atomic E-state index is 0.345. The highest BCUT2D eigenvalue weighted by Crippen LogP contribution is 2.48. The Morgan fingerprint density at radius 3 is 2.63 bits per heavy atom. The highest BCUT2D eigenvalue weighted by atomic mass is 16.7. The van der Waals surface area contributed by atoms with Gasteiger partial charge in [0.2, 0.25) is 6.79 Å². The van der Waals surface area contributed by atoms with Gasteiger partial charge in [-0.25, -0.2) is 0 Å². The molecule has 0 radical (unpaired) electrons. The van der Waals surface area contributed by atoms with Gasteiger partial charge in [-0.05, 0) is 67.2 Å². The van der Waals surface area contributed by atoms with Crippen molar-refractivity contribution in [2.45, 2.75) is 37.4 Å². The molecule has 7 rings (SSSR count). The topological polar surface area (TPSA) is 37.8 Å². The second-order valence-corrected chi connectivity index (χ2v) is 8.36. The molecule has 2 aromatic rings. The summed E-state index contributed by atoms with van der Waals surface area (Å²) in [4.78, 5) is 9.68. The third-order valence-electron chi connectivity index (χ3n) is 7.05. The molecule has 1 aromatic carbocycles. The molecular weight excluding hydrogens is 338 g/mol. The standard InChI is InChI=1S/C22H25N3O2/c1-2-19-20(27-14-26-19)11-17(1)18-13-25(12-15-3-7-23-8-4-15)21-16-5-9-24(10-6-16)22(18)21/h1-4,7-8,11,16,18,21-22H,5-6,9-10,12-14H2/t18-,21+,22+/m1/s1. The van der Waals surface area contributed by atoms with Gasteiger partial charge in [-0.15, -0.1) is 0 Å². The van der Waals surface area contributed by atoms with Crippen LogP contribution in [0.2, 0.25) is 0 Å². The summed E-state index contributed by atoms with van der Waals surface area (Å²) in [6.07, 6.45) is 6.52.